The molecule has 2 aromatic rings. The lowest BCUT2D eigenvalue weighted by Gasteiger charge is -2.29. The van der Waals surface area contributed by atoms with Crippen molar-refractivity contribution in [1.29, 1.82) is 0 Å². The molecule has 23 heavy (non-hydrogen) atoms. The van der Waals surface area contributed by atoms with Crippen LogP contribution in [0.15, 0.2) is 54.6 Å². The molecule has 1 aliphatic rings. The van der Waals surface area contributed by atoms with Gasteiger partial charge in [0.25, 0.3) is 0 Å². The number of nitrogens with one attached hydrogen (secondary N) is 1. The molecule has 0 radical (unpaired) electrons. The van der Waals surface area contributed by atoms with Crippen molar-refractivity contribution < 1.29 is 14.3 Å². The SMILES string of the molecule is CN(CC1COc2ccccc2O1)C(=O)CNc1ccccc1. The summed E-state index contributed by atoms with van der Waals surface area (Å²) in [5, 5.41) is 3.11. The number of rotatable bonds is 5. The molecule has 1 amide bonds. The summed E-state index contributed by atoms with van der Waals surface area (Å²) in [6.07, 6.45) is -0.157. The first-order chi connectivity index (χ1) is 11.2. The maximum Gasteiger partial charge on any atom is 0.241 e. The molecule has 2 aromatic carbocycles. The molecule has 5 heteroatoms. The van der Waals surface area contributed by atoms with Crippen LogP contribution < -0.4 is 14.8 Å². The number of hydrogen-bond acceptors (Lipinski definition) is 4. The van der Waals surface area contributed by atoms with E-state index >= 15 is 0 Å². The molecule has 1 unspecified atom stereocenters. The van der Waals surface area contributed by atoms with Crippen molar-refractivity contribution in [3.8, 4) is 11.5 Å². The van der Waals surface area contributed by atoms with E-state index in [0.717, 1.165) is 17.2 Å². The third-order valence-electron chi connectivity index (χ3n) is 3.69. The van der Waals surface area contributed by atoms with Gasteiger partial charge in [-0.05, 0) is 24.3 Å². The second-order valence-corrected chi connectivity index (χ2v) is 5.49. The lowest BCUT2D eigenvalue weighted by molar-refractivity contribution is -0.129. The van der Waals surface area contributed by atoms with Crippen LogP contribution in [0.25, 0.3) is 0 Å². The van der Waals surface area contributed by atoms with Gasteiger partial charge in [0, 0.05) is 12.7 Å². The molecule has 120 valence electrons. The Hall–Kier alpha value is -2.69. The molecule has 0 fully saturated rings. The summed E-state index contributed by atoms with van der Waals surface area (Å²) in [7, 11) is 1.78. The minimum atomic E-state index is -0.157. The Morgan fingerprint density at radius 1 is 1.13 bits per heavy atom. The van der Waals surface area contributed by atoms with Crippen LogP contribution in [-0.2, 0) is 4.79 Å². The summed E-state index contributed by atoms with van der Waals surface area (Å²) in [6, 6.07) is 17.2. The van der Waals surface area contributed by atoms with E-state index in [1.165, 1.54) is 0 Å². The van der Waals surface area contributed by atoms with Crippen LogP contribution in [0.4, 0.5) is 5.69 Å². The summed E-state index contributed by atoms with van der Waals surface area (Å²) >= 11 is 0. The number of carbonyl (C=O) groups is 1. The molecule has 1 heterocycles. The van der Waals surface area contributed by atoms with E-state index in [2.05, 4.69) is 5.32 Å². The maximum atomic E-state index is 12.2. The molecule has 0 spiro atoms. The molecule has 5 nitrogen and oxygen atoms in total. The monoisotopic (exact) mass is 312 g/mol. The van der Waals surface area contributed by atoms with Gasteiger partial charge in [-0.1, -0.05) is 30.3 Å². The van der Waals surface area contributed by atoms with Gasteiger partial charge in [0.2, 0.25) is 5.91 Å². The number of ether oxygens (including phenoxy) is 2. The number of para-hydroxylation sites is 3. The predicted octanol–water partition coefficient (Wildman–Crippen LogP) is 2.40. The van der Waals surface area contributed by atoms with Crippen LogP contribution in [-0.4, -0.2) is 43.7 Å². The highest BCUT2D eigenvalue weighted by Crippen LogP contribution is 2.30. The van der Waals surface area contributed by atoms with E-state index in [4.69, 9.17) is 9.47 Å². The van der Waals surface area contributed by atoms with Crippen LogP contribution in [0.2, 0.25) is 0 Å². The van der Waals surface area contributed by atoms with E-state index in [1.807, 2.05) is 54.6 Å². The fourth-order valence-corrected chi connectivity index (χ4v) is 2.43. The third-order valence-corrected chi connectivity index (χ3v) is 3.69. The second kappa shape index (κ2) is 7.05. The third kappa shape index (κ3) is 3.94. The largest absolute Gasteiger partial charge is 0.486 e. The van der Waals surface area contributed by atoms with Gasteiger partial charge >= 0.3 is 0 Å². The Kier molecular flexibility index (Phi) is 4.66. The topological polar surface area (TPSA) is 50.8 Å². The van der Waals surface area contributed by atoms with Gasteiger partial charge in [-0.2, -0.15) is 0 Å². The second-order valence-electron chi connectivity index (χ2n) is 5.49. The Labute approximate surface area is 135 Å². The highest BCUT2D eigenvalue weighted by Gasteiger charge is 2.23. The minimum Gasteiger partial charge on any atom is -0.486 e. The van der Waals surface area contributed by atoms with Crippen molar-refractivity contribution in [3.05, 3.63) is 54.6 Å². The van der Waals surface area contributed by atoms with Crippen molar-refractivity contribution in [3.63, 3.8) is 0 Å². The molecule has 0 saturated heterocycles. The van der Waals surface area contributed by atoms with Crippen molar-refractivity contribution in [1.82, 2.24) is 4.90 Å². The molecule has 1 N–H and O–H groups in total. The molecule has 1 atom stereocenters. The first kappa shape index (κ1) is 15.2. The number of benzene rings is 2. The molecule has 0 aromatic heterocycles. The van der Waals surface area contributed by atoms with Gasteiger partial charge in [-0.3, -0.25) is 4.79 Å². The fraction of sp³-hybridized carbons (Fsp3) is 0.278. The summed E-state index contributed by atoms with van der Waals surface area (Å²) < 4.78 is 11.5. The zero-order valence-electron chi connectivity index (χ0n) is 13.1. The highest BCUT2D eigenvalue weighted by atomic mass is 16.6. The Balaban J connectivity index is 1.49. The number of fused-ring (bicyclic) bond motifs is 1. The molecular weight excluding hydrogens is 292 g/mol. The van der Waals surface area contributed by atoms with E-state index in [-0.39, 0.29) is 18.6 Å². The summed E-state index contributed by atoms with van der Waals surface area (Å²) in [6.45, 7) is 1.19. The zero-order chi connectivity index (χ0) is 16.1. The molecular formula is C18H20N2O3. The first-order valence-corrected chi connectivity index (χ1v) is 7.64. The van der Waals surface area contributed by atoms with Crippen LogP contribution in [0.5, 0.6) is 11.5 Å². The lowest BCUT2D eigenvalue weighted by atomic mass is 10.2. The smallest absolute Gasteiger partial charge is 0.241 e. The number of carbonyl (C=O) groups excluding carboxylic acids is 1. The van der Waals surface area contributed by atoms with E-state index in [1.54, 1.807) is 11.9 Å². The summed E-state index contributed by atoms with van der Waals surface area (Å²) in [4.78, 5) is 13.9. The maximum absolute atomic E-state index is 12.2. The van der Waals surface area contributed by atoms with Crippen LogP contribution in [0, 0.1) is 0 Å². The van der Waals surface area contributed by atoms with E-state index < -0.39 is 0 Å². The van der Waals surface area contributed by atoms with Crippen molar-refractivity contribution in [2.75, 3.05) is 32.1 Å². The first-order valence-electron chi connectivity index (χ1n) is 7.64. The van der Waals surface area contributed by atoms with Crippen LogP contribution >= 0.6 is 0 Å². The highest BCUT2D eigenvalue weighted by molar-refractivity contribution is 5.80. The standard InChI is InChI=1S/C18H20N2O3/c1-20(18(21)11-19-14-7-3-2-4-8-14)12-15-13-22-16-9-5-6-10-17(16)23-15/h2-10,15,19H,11-13H2,1H3. The number of nitrogens with zero attached hydrogens (tertiary/aromatic N) is 1. The van der Waals surface area contributed by atoms with E-state index in [9.17, 15) is 4.79 Å². The number of anilines is 1. The average Bonchev–Trinajstić information content (AvgIpc) is 2.60. The quantitative estimate of drug-likeness (QED) is 0.921. The van der Waals surface area contributed by atoms with E-state index in [0.29, 0.717) is 13.2 Å². The zero-order valence-corrected chi connectivity index (χ0v) is 13.1. The van der Waals surface area contributed by atoms with Gasteiger partial charge in [0.1, 0.15) is 6.61 Å². The summed E-state index contributed by atoms with van der Waals surface area (Å²) in [5.41, 5.74) is 0.931. The van der Waals surface area contributed by atoms with Gasteiger partial charge in [0.15, 0.2) is 17.6 Å². The van der Waals surface area contributed by atoms with Crippen molar-refractivity contribution in [2.45, 2.75) is 6.10 Å². The molecule has 0 saturated carbocycles. The number of likely N-dealkylation sites (N-methyl/N-ethyl adjacent to an activating group) is 1. The molecule has 0 aliphatic carbocycles. The van der Waals surface area contributed by atoms with Gasteiger partial charge in [-0.15, -0.1) is 0 Å². The minimum absolute atomic E-state index is 0.0105. The Bertz CT molecular complexity index is 660. The van der Waals surface area contributed by atoms with Crippen molar-refractivity contribution >= 4 is 11.6 Å². The predicted molar refractivity (Wildman–Crippen MR) is 88.9 cm³/mol. The lowest BCUT2D eigenvalue weighted by Crippen LogP contribution is -2.43. The van der Waals surface area contributed by atoms with Gasteiger partial charge in [0.05, 0.1) is 13.1 Å². The van der Waals surface area contributed by atoms with Gasteiger partial charge in [-0.25, -0.2) is 0 Å². The summed E-state index contributed by atoms with van der Waals surface area (Å²) in [5.74, 6) is 1.49. The molecule has 3 rings (SSSR count). The normalized spacial score (nSPS) is 15.8. The fourth-order valence-electron chi connectivity index (χ4n) is 2.43. The Morgan fingerprint density at radius 2 is 1.83 bits per heavy atom. The Morgan fingerprint density at radius 3 is 2.61 bits per heavy atom. The molecule has 0 bridgehead atoms. The van der Waals surface area contributed by atoms with Gasteiger partial charge < -0.3 is 19.7 Å². The van der Waals surface area contributed by atoms with Crippen molar-refractivity contribution in [2.24, 2.45) is 0 Å². The number of amides is 1. The van der Waals surface area contributed by atoms with Crippen LogP contribution in [0.3, 0.4) is 0 Å². The average molecular weight is 312 g/mol. The molecule has 1 aliphatic heterocycles. The van der Waals surface area contributed by atoms with Crippen LogP contribution in [0.1, 0.15) is 0 Å². The number of hydrogen-bond donors (Lipinski definition) is 1.